The molecule has 2 N–H and O–H groups in total. The van der Waals surface area contributed by atoms with E-state index in [1.54, 1.807) is 13.2 Å². The molecular formula is C14H14BrNO4. The van der Waals surface area contributed by atoms with Crippen LogP contribution in [-0.4, -0.2) is 18.2 Å². The Balaban J connectivity index is 2.12. The number of ether oxygens (including phenoxy) is 1. The maximum atomic E-state index is 10.8. The number of methoxy groups -OCH3 is 1. The van der Waals surface area contributed by atoms with Crippen LogP contribution in [0.1, 0.15) is 29.3 Å². The number of anilines is 1. The number of benzene rings is 1. The van der Waals surface area contributed by atoms with Gasteiger partial charge in [-0.25, -0.2) is 4.79 Å². The summed E-state index contributed by atoms with van der Waals surface area (Å²) in [5.74, 6) is 0.170. The first kappa shape index (κ1) is 14.5. The highest BCUT2D eigenvalue weighted by molar-refractivity contribution is 9.10. The van der Waals surface area contributed by atoms with E-state index in [1.807, 2.05) is 25.1 Å². The van der Waals surface area contributed by atoms with E-state index < -0.39 is 5.97 Å². The summed E-state index contributed by atoms with van der Waals surface area (Å²) in [6.07, 6.45) is 0. The third kappa shape index (κ3) is 3.14. The third-order valence-electron chi connectivity index (χ3n) is 2.80. The lowest BCUT2D eigenvalue weighted by Gasteiger charge is -2.14. The second kappa shape index (κ2) is 6.00. The molecule has 0 aliphatic heterocycles. The molecule has 0 spiro atoms. The van der Waals surface area contributed by atoms with E-state index in [2.05, 4.69) is 21.2 Å². The zero-order valence-electron chi connectivity index (χ0n) is 11.0. The average Bonchev–Trinajstić information content (AvgIpc) is 2.88. The van der Waals surface area contributed by atoms with E-state index >= 15 is 0 Å². The fraction of sp³-hybridized carbons (Fsp3) is 0.214. The molecule has 2 aromatic rings. The molecule has 20 heavy (non-hydrogen) atoms. The number of halogens is 1. The van der Waals surface area contributed by atoms with Gasteiger partial charge in [0.05, 0.1) is 17.6 Å². The quantitative estimate of drug-likeness (QED) is 0.863. The van der Waals surface area contributed by atoms with Crippen LogP contribution in [-0.2, 0) is 0 Å². The number of carboxylic acid groups (broad SMARTS) is 1. The van der Waals surface area contributed by atoms with Crippen LogP contribution in [0.25, 0.3) is 0 Å². The summed E-state index contributed by atoms with van der Waals surface area (Å²) in [5.41, 5.74) is 0.874. The molecule has 106 valence electrons. The van der Waals surface area contributed by atoms with Gasteiger partial charge in [0.15, 0.2) is 0 Å². The summed E-state index contributed by atoms with van der Waals surface area (Å²) in [4.78, 5) is 10.8. The van der Waals surface area contributed by atoms with Gasteiger partial charge in [0.1, 0.15) is 11.5 Å². The van der Waals surface area contributed by atoms with Crippen LogP contribution in [0, 0.1) is 0 Å². The van der Waals surface area contributed by atoms with Crippen molar-refractivity contribution in [3.05, 3.63) is 46.3 Å². The second-order valence-electron chi connectivity index (χ2n) is 4.22. The standard InChI is InChI=1S/C14H14BrNO4/c1-8(11-5-6-13(20-11)14(17)18)16-9-3-4-12(19-2)10(15)7-9/h3-8,16H,1-2H3,(H,17,18). The molecule has 0 radical (unpaired) electrons. The lowest BCUT2D eigenvalue weighted by atomic mass is 10.2. The lowest BCUT2D eigenvalue weighted by Crippen LogP contribution is -2.05. The maximum absolute atomic E-state index is 10.8. The molecule has 0 saturated heterocycles. The van der Waals surface area contributed by atoms with E-state index in [9.17, 15) is 4.79 Å². The summed E-state index contributed by atoms with van der Waals surface area (Å²) in [6.45, 7) is 1.89. The molecule has 0 fully saturated rings. The first-order valence-corrected chi connectivity index (χ1v) is 6.73. The predicted molar refractivity (Wildman–Crippen MR) is 78.4 cm³/mol. The minimum absolute atomic E-state index is 0.0652. The maximum Gasteiger partial charge on any atom is 0.371 e. The van der Waals surface area contributed by atoms with Crippen LogP contribution in [0.15, 0.2) is 39.2 Å². The lowest BCUT2D eigenvalue weighted by molar-refractivity contribution is 0.0660. The van der Waals surface area contributed by atoms with E-state index in [1.165, 1.54) is 6.07 Å². The van der Waals surface area contributed by atoms with Crippen molar-refractivity contribution in [1.29, 1.82) is 0 Å². The number of carboxylic acids is 1. The Hall–Kier alpha value is -1.95. The van der Waals surface area contributed by atoms with Crippen molar-refractivity contribution in [2.75, 3.05) is 12.4 Å². The van der Waals surface area contributed by atoms with E-state index in [0.29, 0.717) is 5.76 Å². The van der Waals surface area contributed by atoms with Crippen molar-refractivity contribution in [2.24, 2.45) is 0 Å². The number of rotatable bonds is 5. The van der Waals surface area contributed by atoms with Crippen molar-refractivity contribution in [2.45, 2.75) is 13.0 Å². The zero-order chi connectivity index (χ0) is 14.7. The Morgan fingerprint density at radius 3 is 2.70 bits per heavy atom. The molecule has 6 heteroatoms. The second-order valence-corrected chi connectivity index (χ2v) is 5.08. The molecule has 0 bridgehead atoms. The molecule has 1 unspecified atom stereocenters. The molecule has 0 saturated carbocycles. The van der Waals surface area contributed by atoms with Crippen LogP contribution < -0.4 is 10.1 Å². The normalized spacial score (nSPS) is 11.9. The van der Waals surface area contributed by atoms with Crippen molar-refractivity contribution in [1.82, 2.24) is 0 Å². The number of hydrogen-bond acceptors (Lipinski definition) is 4. The van der Waals surface area contributed by atoms with Gasteiger partial charge in [-0.15, -0.1) is 0 Å². The molecule has 1 atom stereocenters. The number of hydrogen-bond donors (Lipinski definition) is 2. The van der Waals surface area contributed by atoms with Crippen LogP contribution in [0.5, 0.6) is 5.75 Å². The first-order valence-electron chi connectivity index (χ1n) is 5.94. The summed E-state index contributed by atoms with van der Waals surface area (Å²) in [7, 11) is 1.60. The minimum atomic E-state index is -1.07. The molecular weight excluding hydrogens is 326 g/mol. The largest absolute Gasteiger partial charge is 0.496 e. The summed E-state index contributed by atoms with van der Waals surface area (Å²) >= 11 is 3.41. The third-order valence-corrected chi connectivity index (χ3v) is 3.42. The van der Waals surface area contributed by atoms with Crippen molar-refractivity contribution in [3.63, 3.8) is 0 Å². The summed E-state index contributed by atoms with van der Waals surface area (Å²) in [6, 6.07) is 8.55. The summed E-state index contributed by atoms with van der Waals surface area (Å²) in [5, 5.41) is 12.1. The van der Waals surface area contributed by atoms with Gasteiger partial charge in [0, 0.05) is 5.69 Å². The molecule has 5 nitrogen and oxygen atoms in total. The minimum Gasteiger partial charge on any atom is -0.496 e. The van der Waals surface area contributed by atoms with Crippen LogP contribution in [0.3, 0.4) is 0 Å². The van der Waals surface area contributed by atoms with Crippen LogP contribution in [0.4, 0.5) is 5.69 Å². The summed E-state index contributed by atoms with van der Waals surface area (Å²) < 4.78 is 11.3. The number of carbonyl (C=O) groups is 1. The number of furan rings is 1. The molecule has 0 amide bonds. The van der Waals surface area contributed by atoms with Gasteiger partial charge < -0.3 is 19.6 Å². The highest BCUT2D eigenvalue weighted by atomic mass is 79.9. The first-order chi connectivity index (χ1) is 9.51. The Bertz CT molecular complexity index is 623. The monoisotopic (exact) mass is 339 g/mol. The predicted octanol–water partition coefficient (Wildman–Crippen LogP) is 3.92. The van der Waals surface area contributed by atoms with E-state index in [-0.39, 0.29) is 11.8 Å². The van der Waals surface area contributed by atoms with Gasteiger partial charge in [0.25, 0.3) is 0 Å². The zero-order valence-corrected chi connectivity index (χ0v) is 12.6. The van der Waals surface area contributed by atoms with Gasteiger partial charge in [-0.05, 0) is 53.2 Å². The van der Waals surface area contributed by atoms with E-state index in [4.69, 9.17) is 14.3 Å². The molecule has 2 rings (SSSR count). The average molecular weight is 340 g/mol. The van der Waals surface area contributed by atoms with Gasteiger partial charge in [0.2, 0.25) is 5.76 Å². The Labute approximate surface area is 124 Å². The highest BCUT2D eigenvalue weighted by Crippen LogP contribution is 2.29. The van der Waals surface area contributed by atoms with Crippen LogP contribution in [0.2, 0.25) is 0 Å². The highest BCUT2D eigenvalue weighted by Gasteiger charge is 2.14. The van der Waals surface area contributed by atoms with Crippen LogP contribution >= 0.6 is 15.9 Å². The Morgan fingerprint density at radius 1 is 1.40 bits per heavy atom. The fourth-order valence-corrected chi connectivity index (χ4v) is 2.32. The molecule has 0 aliphatic carbocycles. The van der Waals surface area contributed by atoms with Gasteiger partial charge in [-0.1, -0.05) is 0 Å². The van der Waals surface area contributed by atoms with Crippen molar-refractivity contribution < 1.29 is 19.1 Å². The topological polar surface area (TPSA) is 71.7 Å². The van der Waals surface area contributed by atoms with Crippen molar-refractivity contribution in [3.8, 4) is 5.75 Å². The van der Waals surface area contributed by atoms with Gasteiger partial charge >= 0.3 is 5.97 Å². The number of aromatic carboxylic acids is 1. The van der Waals surface area contributed by atoms with Gasteiger partial charge in [-0.2, -0.15) is 0 Å². The molecule has 1 aromatic carbocycles. The van der Waals surface area contributed by atoms with Gasteiger partial charge in [-0.3, -0.25) is 0 Å². The molecule has 0 aliphatic rings. The number of nitrogens with one attached hydrogen (secondary N) is 1. The SMILES string of the molecule is COc1ccc(NC(C)c2ccc(C(=O)O)o2)cc1Br. The fourth-order valence-electron chi connectivity index (χ4n) is 1.78. The Kier molecular flexibility index (Phi) is 4.34. The Morgan fingerprint density at radius 2 is 2.15 bits per heavy atom. The van der Waals surface area contributed by atoms with Crippen molar-refractivity contribution >= 4 is 27.6 Å². The van der Waals surface area contributed by atoms with E-state index in [0.717, 1.165) is 15.9 Å². The molecule has 1 aromatic heterocycles. The molecule has 1 heterocycles. The smallest absolute Gasteiger partial charge is 0.371 e.